The Balaban J connectivity index is 0.914. The van der Waals surface area contributed by atoms with Crippen molar-refractivity contribution in [1.82, 2.24) is 0 Å². The van der Waals surface area contributed by atoms with E-state index < -0.39 is 0 Å². The molecule has 0 aliphatic carbocycles. The highest BCUT2D eigenvalue weighted by atomic mass is 15.2. The maximum absolute atomic E-state index is 2.74. The van der Waals surface area contributed by atoms with E-state index in [9.17, 15) is 0 Å². The molecule has 0 atom stereocenters. The quantitative estimate of drug-likeness (QED) is 0.0994. The number of nitrogens with zero attached hydrogens (tertiary/aromatic N) is 8. The summed E-state index contributed by atoms with van der Waals surface area (Å²) in [5.41, 5.74) is 35.7. The molecule has 6 aliphatic rings. The fourth-order valence-electron chi connectivity index (χ4n) is 18.4. The summed E-state index contributed by atoms with van der Waals surface area (Å²) in [6.45, 7) is -0.874. The third-order valence-corrected chi connectivity index (χ3v) is 22.6. The van der Waals surface area contributed by atoms with Gasteiger partial charge >= 0.3 is 13.7 Å². The maximum Gasteiger partial charge on any atom is 0.333 e. The number of benzene rings is 16. The summed E-state index contributed by atoms with van der Waals surface area (Å²) in [4.78, 5) is 20.6. The molecule has 107 heavy (non-hydrogen) atoms. The Morgan fingerprint density at radius 1 is 0.187 bits per heavy atom. The van der Waals surface area contributed by atoms with Crippen LogP contribution >= 0.6 is 0 Å². The summed E-state index contributed by atoms with van der Waals surface area (Å²) in [6.07, 6.45) is 0. The summed E-state index contributed by atoms with van der Waals surface area (Å²) in [6, 6.07) is 146. The second-order valence-corrected chi connectivity index (χ2v) is 28.3. The highest BCUT2D eigenvalue weighted by molar-refractivity contribution is 7.05. The van der Waals surface area contributed by atoms with Crippen molar-refractivity contribution in [2.45, 2.75) is 0 Å². The largest absolute Gasteiger partial charge is 0.376 e. The zero-order valence-electron chi connectivity index (χ0n) is 58.3. The third kappa shape index (κ3) is 9.27. The van der Waals surface area contributed by atoms with Crippen LogP contribution in [0.1, 0.15) is 0 Å². The highest BCUT2D eigenvalue weighted by Crippen LogP contribution is 2.58. The first-order chi connectivity index (χ1) is 53.2. The van der Waals surface area contributed by atoms with Crippen LogP contribution in [0.25, 0.3) is 11.1 Å². The minimum Gasteiger partial charge on any atom is -0.376 e. The number of anilines is 22. The van der Waals surface area contributed by atoms with Crippen molar-refractivity contribution >= 4 is 184 Å². The van der Waals surface area contributed by atoms with Gasteiger partial charge in [0, 0.05) is 131 Å². The van der Waals surface area contributed by atoms with Crippen molar-refractivity contribution in [1.29, 1.82) is 0 Å². The van der Waals surface area contributed by atoms with E-state index in [1.807, 2.05) is 0 Å². The lowest BCUT2D eigenvalue weighted by Gasteiger charge is -2.57. The SMILES string of the molecule is c1ccc(N2B3c4ccc(N(c5ccccc5)c5ccccc5)cc4N4c5cc(N(c6ccccc6)c6ccccc6)ccc5B5c6ccc(N(c7ccccc7)c7ccccc7)cc6N6c7cc(N(c8ccccc8)c8ccccc8)ccc7B7c8c(c3c4c5c86)-c3c2cccc3N7c2ccccc2)cc1. The van der Waals surface area contributed by atoms with Crippen LogP contribution in [0.5, 0.6) is 0 Å². The average molecular weight is 1360 g/mol. The predicted octanol–water partition coefficient (Wildman–Crippen LogP) is 20.5. The molecule has 16 aromatic rings. The molecule has 0 spiro atoms. The molecule has 16 aromatic carbocycles. The van der Waals surface area contributed by atoms with E-state index in [0.29, 0.717) is 0 Å². The molecule has 22 rings (SSSR count). The third-order valence-electron chi connectivity index (χ3n) is 22.6. The van der Waals surface area contributed by atoms with Crippen molar-refractivity contribution in [2.24, 2.45) is 0 Å². The topological polar surface area (TPSA) is 25.9 Å². The monoisotopic (exact) mass is 1360 g/mol. The zero-order chi connectivity index (χ0) is 70.2. The Hall–Kier alpha value is -13.9. The molecule has 0 fully saturated rings. The van der Waals surface area contributed by atoms with Crippen molar-refractivity contribution in [3.63, 3.8) is 0 Å². The van der Waals surface area contributed by atoms with Crippen LogP contribution < -0.4 is 77.3 Å². The summed E-state index contributed by atoms with van der Waals surface area (Å²) in [5.74, 6) is 0. The van der Waals surface area contributed by atoms with E-state index >= 15 is 0 Å². The van der Waals surface area contributed by atoms with Crippen LogP contribution in [0.3, 0.4) is 0 Å². The minimum atomic E-state index is -0.301. The Morgan fingerprint density at radius 3 is 0.701 bits per heavy atom. The molecule has 6 heterocycles. The van der Waals surface area contributed by atoms with Gasteiger partial charge in [0.25, 0.3) is 6.71 Å². The molecule has 0 saturated heterocycles. The van der Waals surface area contributed by atoms with Gasteiger partial charge in [0.1, 0.15) is 0 Å². The molecule has 0 bridgehead atoms. The summed E-state index contributed by atoms with van der Waals surface area (Å²) < 4.78 is 0. The van der Waals surface area contributed by atoms with Gasteiger partial charge in [-0.1, -0.05) is 212 Å². The molecule has 0 N–H and O–H groups in total. The van der Waals surface area contributed by atoms with Crippen molar-refractivity contribution in [2.75, 3.05) is 39.0 Å². The van der Waals surface area contributed by atoms with Crippen LogP contribution in [0.2, 0.25) is 0 Å². The molecule has 6 aliphatic heterocycles. The fraction of sp³-hybridized carbons (Fsp3) is 0. The molecule has 8 nitrogen and oxygen atoms in total. The van der Waals surface area contributed by atoms with Gasteiger partial charge in [-0.3, -0.25) is 0 Å². The first kappa shape index (κ1) is 60.7. The van der Waals surface area contributed by atoms with Gasteiger partial charge in [-0.2, -0.15) is 0 Å². The van der Waals surface area contributed by atoms with Crippen molar-refractivity contribution in [3.05, 3.63) is 394 Å². The Bertz CT molecular complexity index is 5610. The van der Waals surface area contributed by atoms with Gasteiger partial charge in [-0.05, 0) is 226 Å². The Labute approximate surface area is 624 Å². The van der Waals surface area contributed by atoms with E-state index in [-0.39, 0.29) is 20.4 Å². The van der Waals surface area contributed by atoms with Gasteiger partial charge in [0.15, 0.2) is 0 Å². The Morgan fingerprint density at radius 2 is 0.430 bits per heavy atom. The van der Waals surface area contributed by atoms with E-state index in [1.54, 1.807) is 0 Å². The highest BCUT2D eigenvalue weighted by Gasteiger charge is 2.59. The molecule has 0 unspecified atom stereocenters. The van der Waals surface area contributed by atoms with E-state index in [4.69, 9.17) is 0 Å². The van der Waals surface area contributed by atoms with Crippen molar-refractivity contribution in [3.8, 4) is 11.1 Å². The number of hydrogen-bond donors (Lipinski definition) is 0. The first-order valence-corrected chi connectivity index (χ1v) is 37.0. The number of fused-ring (bicyclic) bond motifs is 12. The van der Waals surface area contributed by atoms with Gasteiger partial charge in [0.2, 0.25) is 0 Å². The van der Waals surface area contributed by atoms with Crippen LogP contribution in [0, 0.1) is 0 Å². The van der Waals surface area contributed by atoms with E-state index in [0.717, 1.165) is 114 Å². The van der Waals surface area contributed by atoms with Gasteiger partial charge < -0.3 is 39.0 Å². The predicted molar refractivity (Wildman–Crippen MR) is 452 cm³/mol. The van der Waals surface area contributed by atoms with Crippen molar-refractivity contribution < 1.29 is 0 Å². The number of hydrogen-bond acceptors (Lipinski definition) is 8. The summed E-state index contributed by atoms with van der Waals surface area (Å²) in [5, 5.41) is 0. The van der Waals surface area contributed by atoms with Crippen LogP contribution in [-0.4, -0.2) is 20.4 Å². The molecular weight excluding hydrogens is 1300 g/mol. The molecule has 11 heteroatoms. The van der Waals surface area contributed by atoms with E-state index in [1.165, 1.54) is 60.7 Å². The van der Waals surface area contributed by atoms with E-state index in [2.05, 4.69) is 433 Å². The first-order valence-electron chi connectivity index (χ1n) is 37.0. The van der Waals surface area contributed by atoms with Crippen LogP contribution in [0.15, 0.2) is 394 Å². The Kier molecular flexibility index (Phi) is 13.8. The van der Waals surface area contributed by atoms with Crippen LogP contribution in [-0.2, 0) is 0 Å². The van der Waals surface area contributed by atoms with Crippen LogP contribution in [0.4, 0.5) is 125 Å². The lowest BCUT2D eigenvalue weighted by atomic mass is 9.28. The maximum atomic E-state index is 2.74. The zero-order valence-corrected chi connectivity index (χ0v) is 58.3. The second kappa shape index (κ2) is 24.4. The average Bonchev–Trinajstić information content (AvgIpc) is 0.645. The number of rotatable bonds is 14. The number of para-hydroxylation sites is 10. The fourth-order valence-corrected chi connectivity index (χ4v) is 18.4. The van der Waals surface area contributed by atoms with Gasteiger partial charge in [-0.25, -0.2) is 0 Å². The standard InChI is InChI=1S/C96H65B3N8/c1-11-32-66(33-12-1)100(67-34-13-2-14-35-67)76-54-58-80-86(62-76)104-88-64-78(102(70-40-19-5-20-41-70)71-42-21-6-22-43-71)56-60-82(88)98-92-91-90-84(106(98)74-48-27-9-28-49-74)52-31-53-85(90)107(75-50-29-10-30-51-75)99-83-61-57-79(103(72-44-23-7-24-45-72)73-46-25-8-26-47-73)65-89(83)105-87-63-77(55-59-81(87)97(80)94(95(92)104)96(105)93(91)99)101(68-36-15-3-16-37-68)69-38-17-4-18-39-69/h1-65H. The smallest absolute Gasteiger partial charge is 0.333 e. The molecule has 0 amide bonds. The normalized spacial score (nSPS) is 13.1. The molecule has 0 saturated carbocycles. The lowest BCUT2D eigenvalue weighted by Crippen LogP contribution is -2.74. The lowest BCUT2D eigenvalue weighted by molar-refractivity contribution is 1.21. The summed E-state index contributed by atoms with van der Waals surface area (Å²) in [7, 11) is 0. The minimum absolute atomic E-state index is 0.272. The summed E-state index contributed by atoms with van der Waals surface area (Å²) >= 11 is 0. The van der Waals surface area contributed by atoms with Gasteiger partial charge in [0.05, 0.1) is 0 Å². The second-order valence-electron chi connectivity index (χ2n) is 28.3. The molecule has 498 valence electrons. The molecule has 0 radical (unpaired) electrons. The molecule has 0 aromatic heterocycles. The van der Waals surface area contributed by atoms with Gasteiger partial charge in [-0.15, -0.1) is 0 Å². The molecular formula is C96H65B3N8.